The quantitative estimate of drug-likeness (QED) is 0.686. The fraction of sp³-hybridized carbons (Fsp3) is 0.294. The van der Waals surface area contributed by atoms with Gasteiger partial charge in [0.15, 0.2) is 0 Å². The number of thiazole rings is 1. The molecule has 0 aliphatic carbocycles. The average molecular weight is 361 g/mol. The molecule has 0 spiro atoms. The van der Waals surface area contributed by atoms with E-state index in [1.807, 2.05) is 24.3 Å². The Morgan fingerprint density at radius 2 is 1.92 bits per heavy atom. The molecule has 0 radical (unpaired) electrons. The number of para-hydroxylation sites is 1. The number of nitrogens with zero attached hydrogens (tertiary/aromatic N) is 3. The van der Waals surface area contributed by atoms with E-state index in [0.29, 0.717) is 18.0 Å². The lowest BCUT2D eigenvalue weighted by atomic mass is 10.1. The number of aromatic nitrogens is 1. The van der Waals surface area contributed by atoms with Gasteiger partial charge in [-0.25, -0.2) is 0 Å². The second kappa shape index (κ2) is 7.75. The highest BCUT2D eigenvalue weighted by atomic mass is 32.1. The van der Waals surface area contributed by atoms with Crippen molar-refractivity contribution in [2.75, 3.05) is 26.3 Å². The first-order valence-corrected chi connectivity index (χ1v) is 8.67. The molecule has 0 saturated carbocycles. The second-order valence-electron chi connectivity index (χ2n) is 5.57. The van der Waals surface area contributed by atoms with Crippen LogP contribution >= 0.6 is 11.3 Å². The average Bonchev–Trinajstić information content (AvgIpc) is 3.12. The minimum atomic E-state index is -0.298. The Morgan fingerprint density at radius 1 is 1.20 bits per heavy atom. The lowest BCUT2D eigenvalue weighted by Crippen LogP contribution is -2.34. The van der Waals surface area contributed by atoms with Crippen molar-refractivity contribution in [2.24, 2.45) is 4.99 Å². The predicted octanol–water partition coefficient (Wildman–Crippen LogP) is 1.12. The molecular weight excluding hydrogens is 342 g/mol. The number of rotatable bonds is 7. The summed E-state index contributed by atoms with van der Waals surface area (Å²) in [6, 6.07) is 7.66. The highest BCUT2D eigenvalue weighted by Gasteiger charge is 2.17. The Bertz CT molecular complexity index is 863. The third kappa shape index (κ3) is 3.72. The van der Waals surface area contributed by atoms with Gasteiger partial charge in [0, 0.05) is 30.4 Å². The van der Waals surface area contributed by atoms with E-state index < -0.39 is 0 Å². The summed E-state index contributed by atoms with van der Waals surface area (Å²) in [7, 11) is 0. The Kier molecular flexibility index (Phi) is 5.44. The Balaban J connectivity index is 1.89. The van der Waals surface area contributed by atoms with Gasteiger partial charge in [-0.15, -0.1) is 0 Å². The van der Waals surface area contributed by atoms with E-state index in [4.69, 9.17) is 10.2 Å². The Labute approximate surface area is 148 Å². The first kappa shape index (κ1) is 17.6. The monoisotopic (exact) mass is 361 g/mol. The van der Waals surface area contributed by atoms with Crippen LogP contribution in [0.2, 0.25) is 0 Å². The van der Waals surface area contributed by atoms with E-state index in [-0.39, 0.29) is 30.6 Å². The molecule has 2 heterocycles. The van der Waals surface area contributed by atoms with Gasteiger partial charge in [0.05, 0.1) is 30.4 Å². The molecule has 0 amide bonds. The van der Waals surface area contributed by atoms with E-state index in [1.54, 1.807) is 17.2 Å². The number of hydrogen-bond donors (Lipinski definition) is 3. The van der Waals surface area contributed by atoms with Gasteiger partial charge in [0.1, 0.15) is 0 Å². The van der Waals surface area contributed by atoms with E-state index in [1.165, 1.54) is 4.57 Å². The molecule has 1 aromatic carbocycles. The van der Waals surface area contributed by atoms with Gasteiger partial charge < -0.3 is 15.3 Å². The molecule has 0 saturated heterocycles. The van der Waals surface area contributed by atoms with E-state index in [2.05, 4.69) is 4.99 Å². The van der Waals surface area contributed by atoms with Crippen LogP contribution in [0, 0.1) is 0 Å². The van der Waals surface area contributed by atoms with Crippen LogP contribution in [0.1, 0.15) is 10.4 Å². The van der Waals surface area contributed by atoms with Crippen LogP contribution in [0.15, 0.2) is 34.1 Å². The van der Waals surface area contributed by atoms with Gasteiger partial charge >= 0.3 is 4.87 Å². The maximum Gasteiger partial charge on any atom is 0.311 e. The normalized spacial score (nSPS) is 14.6. The highest BCUT2D eigenvalue weighted by Crippen LogP contribution is 2.34. The summed E-state index contributed by atoms with van der Waals surface area (Å²) in [4.78, 5) is 18.4. The lowest BCUT2D eigenvalue weighted by molar-refractivity contribution is 0.129. The zero-order chi connectivity index (χ0) is 17.8. The smallest absolute Gasteiger partial charge is 0.311 e. The van der Waals surface area contributed by atoms with Gasteiger partial charge in [0.25, 0.3) is 0 Å². The van der Waals surface area contributed by atoms with Crippen LogP contribution in [-0.2, 0) is 6.67 Å². The van der Waals surface area contributed by atoms with Crippen LogP contribution in [-0.4, -0.2) is 57.3 Å². The molecule has 7 nitrogen and oxygen atoms in total. The number of aliphatic hydroxyl groups excluding tert-OH is 2. The molecule has 0 bridgehead atoms. The third-order valence-electron chi connectivity index (χ3n) is 3.91. The molecule has 0 atom stereocenters. The fourth-order valence-electron chi connectivity index (χ4n) is 2.66. The summed E-state index contributed by atoms with van der Waals surface area (Å²) >= 11 is 0.948. The summed E-state index contributed by atoms with van der Waals surface area (Å²) in [5, 5.41) is 28.6. The zero-order valence-corrected chi connectivity index (χ0v) is 14.3. The van der Waals surface area contributed by atoms with Crippen LogP contribution in [0.25, 0.3) is 11.6 Å². The molecule has 1 aromatic heterocycles. The summed E-state index contributed by atoms with van der Waals surface area (Å²) in [5.41, 5.74) is 2.65. The number of aliphatic hydroxyl groups is 2. The van der Waals surface area contributed by atoms with Crippen LogP contribution in [0.5, 0.6) is 5.88 Å². The number of benzene rings is 1. The Hall–Kier alpha value is -2.26. The van der Waals surface area contributed by atoms with Crippen LogP contribution < -0.4 is 4.87 Å². The fourth-order valence-corrected chi connectivity index (χ4v) is 3.49. The standard InChI is InChI=1S/C17H19N3O4S/c21-7-5-19(6-8-22)11-20-16(23)15(25-17(20)24)9-12-10-18-14-4-2-1-3-13(12)14/h1-4,9-10,21-23H,5-8,11H2/b12-9+. The molecule has 0 fully saturated rings. The molecule has 8 heteroatoms. The number of aliphatic imine (C=N–C) groups is 1. The van der Waals surface area contributed by atoms with Crippen LogP contribution in [0.3, 0.4) is 0 Å². The topological polar surface area (TPSA) is 98.3 Å². The number of allylic oxidation sites excluding steroid dienone is 1. The summed E-state index contributed by atoms with van der Waals surface area (Å²) in [6.07, 6.45) is 3.46. The minimum absolute atomic E-state index is 0.0934. The van der Waals surface area contributed by atoms with Gasteiger partial charge in [0.2, 0.25) is 5.88 Å². The van der Waals surface area contributed by atoms with Gasteiger partial charge in [-0.1, -0.05) is 29.5 Å². The summed E-state index contributed by atoms with van der Waals surface area (Å²) < 4.78 is 1.24. The number of aromatic hydroxyl groups is 1. The Morgan fingerprint density at radius 3 is 2.64 bits per heavy atom. The largest absolute Gasteiger partial charge is 0.493 e. The SMILES string of the molecule is O=c1sc(/C=C2\C=Nc3ccccc32)c(O)n1CN(CCO)CCO. The molecule has 0 unspecified atom stereocenters. The van der Waals surface area contributed by atoms with Crippen molar-refractivity contribution in [3.8, 4) is 5.88 Å². The summed E-state index contributed by atoms with van der Waals surface area (Å²) in [5.74, 6) is -0.124. The summed E-state index contributed by atoms with van der Waals surface area (Å²) in [6.45, 7) is 0.529. The highest BCUT2D eigenvalue weighted by molar-refractivity contribution is 7.10. The minimum Gasteiger partial charge on any atom is -0.493 e. The predicted molar refractivity (Wildman–Crippen MR) is 98.5 cm³/mol. The second-order valence-corrected chi connectivity index (χ2v) is 6.56. The lowest BCUT2D eigenvalue weighted by Gasteiger charge is -2.20. The van der Waals surface area contributed by atoms with E-state index >= 15 is 0 Å². The third-order valence-corrected chi connectivity index (χ3v) is 4.83. The van der Waals surface area contributed by atoms with Gasteiger partial charge in [-0.2, -0.15) is 0 Å². The van der Waals surface area contributed by atoms with Crippen LogP contribution in [0.4, 0.5) is 5.69 Å². The molecule has 1 aliphatic rings. The molecule has 25 heavy (non-hydrogen) atoms. The molecule has 2 aromatic rings. The molecule has 3 N–H and O–H groups in total. The van der Waals surface area contributed by atoms with Gasteiger partial charge in [-0.3, -0.25) is 19.3 Å². The first-order valence-electron chi connectivity index (χ1n) is 7.86. The first-order chi connectivity index (χ1) is 12.1. The van der Waals surface area contributed by atoms with E-state index in [0.717, 1.165) is 28.2 Å². The van der Waals surface area contributed by atoms with Crippen molar-refractivity contribution >= 4 is 34.9 Å². The molecule has 3 rings (SSSR count). The van der Waals surface area contributed by atoms with Crippen molar-refractivity contribution < 1.29 is 15.3 Å². The molecular formula is C17H19N3O4S. The molecule has 1 aliphatic heterocycles. The van der Waals surface area contributed by atoms with Crippen molar-refractivity contribution in [3.63, 3.8) is 0 Å². The number of hydrogen-bond acceptors (Lipinski definition) is 7. The van der Waals surface area contributed by atoms with Gasteiger partial charge in [-0.05, 0) is 12.1 Å². The van der Waals surface area contributed by atoms with Crippen molar-refractivity contribution in [1.29, 1.82) is 0 Å². The van der Waals surface area contributed by atoms with Crippen molar-refractivity contribution in [3.05, 3.63) is 44.4 Å². The molecule has 132 valence electrons. The van der Waals surface area contributed by atoms with Crippen molar-refractivity contribution in [2.45, 2.75) is 6.67 Å². The maximum atomic E-state index is 12.2. The zero-order valence-electron chi connectivity index (χ0n) is 13.5. The van der Waals surface area contributed by atoms with Crippen molar-refractivity contribution in [1.82, 2.24) is 9.47 Å². The number of fused-ring (bicyclic) bond motifs is 1. The maximum absolute atomic E-state index is 12.2. The van der Waals surface area contributed by atoms with E-state index in [9.17, 15) is 9.90 Å².